The molecule has 0 spiro atoms. The average molecular weight is 301 g/mol. The third-order valence-electron chi connectivity index (χ3n) is 3.43. The van der Waals surface area contributed by atoms with E-state index < -0.39 is 10.0 Å². The Hall–Kier alpha value is -0.630. The summed E-state index contributed by atoms with van der Waals surface area (Å²) in [5.41, 5.74) is 6.32. The van der Waals surface area contributed by atoms with E-state index in [0.717, 1.165) is 11.3 Å². The molecule has 0 saturated carbocycles. The Morgan fingerprint density at radius 3 is 2.79 bits per heavy atom. The van der Waals surface area contributed by atoms with Crippen LogP contribution in [0.4, 0.5) is 0 Å². The first kappa shape index (κ1) is 14.8. The highest BCUT2D eigenvalue weighted by atomic mass is 32.2. The molecular formula is C12H19N3O2S2. The lowest BCUT2D eigenvalue weighted by Crippen LogP contribution is -2.47. The van der Waals surface area contributed by atoms with Gasteiger partial charge in [-0.1, -0.05) is 13.0 Å². The molecule has 0 amide bonds. The maximum Gasteiger partial charge on any atom is 0.260 e. The Bertz CT molecular complexity index is 530. The number of rotatable bonds is 3. The molecule has 1 aromatic heterocycles. The molecule has 0 aromatic carbocycles. The Kier molecular flexibility index (Phi) is 4.50. The van der Waals surface area contributed by atoms with E-state index in [2.05, 4.69) is 11.9 Å². The van der Waals surface area contributed by atoms with Crippen LogP contribution in [0.3, 0.4) is 0 Å². The molecule has 0 bridgehead atoms. The van der Waals surface area contributed by atoms with Gasteiger partial charge in [-0.3, -0.25) is 0 Å². The van der Waals surface area contributed by atoms with Crippen LogP contribution in [-0.4, -0.2) is 41.3 Å². The molecule has 1 fully saturated rings. The summed E-state index contributed by atoms with van der Waals surface area (Å²) in [4.78, 5) is 4.04. The van der Waals surface area contributed by atoms with Crippen LogP contribution in [0, 0.1) is 0 Å². The molecule has 0 radical (unpaired) electrons. The van der Waals surface area contributed by atoms with Crippen LogP contribution in [0.25, 0.3) is 0 Å². The molecular weight excluding hydrogens is 282 g/mol. The van der Waals surface area contributed by atoms with Gasteiger partial charge < -0.3 is 5.73 Å². The smallest absolute Gasteiger partial charge is 0.260 e. The summed E-state index contributed by atoms with van der Waals surface area (Å²) in [5.74, 6) is 0.825. The minimum atomic E-state index is -3.50. The molecule has 2 N–H and O–H groups in total. The van der Waals surface area contributed by atoms with Gasteiger partial charge in [-0.2, -0.15) is 16.1 Å². The highest BCUT2D eigenvalue weighted by Crippen LogP contribution is 2.28. The summed E-state index contributed by atoms with van der Waals surface area (Å²) in [6.45, 7) is 4.91. The fraction of sp³-hybridized carbons (Fsp3) is 0.583. The third-order valence-corrected chi connectivity index (χ3v) is 6.67. The standard InChI is InChI=1S/C12H19N3O2S2/c1-9-10(2)18-6-5-15(9)19(16,17)12-4-3-11(7-13)8-14-12/h3-4,8-10H,5-7,13H2,1-2H3. The van der Waals surface area contributed by atoms with Crippen LogP contribution >= 0.6 is 11.8 Å². The van der Waals surface area contributed by atoms with E-state index in [1.807, 2.05) is 6.92 Å². The van der Waals surface area contributed by atoms with Gasteiger partial charge in [0.25, 0.3) is 10.0 Å². The van der Waals surface area contributed by atoms with Crippen molar-refractivity contribution in [3.05, 3.63) is 23.9 Å². The Labute approximate surface area is 118 Å². The quantitative estimate of drug-likeness (QED) is 0.903. The second-order valence-corrected chi connectivity index (χ2v) is 7.96. The predicted octanol–water partition coefficient (Wildman–Crippen LogP) is 1.05. The van der Waals surface area contributed by atoms with E-state index in [1.165, 1.54) is 12.3 Å². The number of nitrogens with two attached hydrogens (primary N) is 1. The predicted molar refractivity (Wildman–Crippen MR) is 77.4 cm³/mol. The molecule has 1 aliphatic heterocycles. The van der Waals surface area contributed by atoms with Crippen LogP contribution in [0.5, 0.6) is 0 Å². The molecule has 0 aliphatic carbocycles. The lowest BCUT2D eigenvalue weighted by Gasteiger charge is -2.36. The van der Waals surface area contributed by atoms with E-state index in [4.69, 9.17) is 5.73 Å². The second kappa shape index (κ2) is 5.78. The van der Waals surface area contributed by atoms with Gasteiger partial charge in [0, 0.05) is 36.3 Å². The van der Waals surface area contributed by atoms with Gasteiger partial charge in [-0.15, -0.1) is 0 Å². The van der Waals surface area contributed by atoms with Crippen LogP contribution in [0.15, 0.2) is 23.4 Å². The first-order valence-corrected chi connectivity index (χ1v) is 8.74. The van der Waals surface area contributed by atoms with Gasteiger partial charge in [-0.25, -0.2) is 13.4 Å². The van der Waals surface area contributed by atoms with E-state index in [1.54, 1.807) is 22.1 Å². The van der Waals surface area contributed by atoms with Crippen molar-refractivity contribution in [2.75, 3.05) is 12.3 Å². The molecule has 19 heavy (non-hydrogen) atoms. The maximum absolute atomic E-state index is 12.6. The topological polar surface area (TPSA) is 76.3 Å². The largest absolute Gasteiger partial charge is 0.326 e. The molecule has 1 aromatic rings. The molecule has 1 saturated heterocycles. The molecule has 5 nitrogen and oxygen atoms in total. The molecule has 2 rings (SSSR count). The Morgan fingerprint density at radius 1 is 1.47 bits per heavy atom. The van der Waals surface area contributed by atoms with Crippen molar-refractivity contribution < 1.29 is 8.42 Å². The van der Waals surface area contributed by atoms with Crippen molar-refractivity contribution in [2.45, 2.75) is 36.7 Å². The first-order chi connectivity index (χ1) is 8.96. The van der Waals surface area contributed by atoms with Gasteiger partial charge in [0.15, 0.2) is 5.03 Å². The number of hydrogen-bond donors (Lipinski definition) is 1. The Morgan fingerprint density at radius 2 is 2.21 bits per heavy atom. The molecule has 106 valence electrons. The number of nitrogens with zero attached hydrogens (tertiary/aromatic N) is 2. The molecule has 7 heteroatoms. The molecule has 2 unspecified atom stereocenters. The monoisotopic (exact) mass is 301 g/mol. The number of hydrogen-bond acceptors (Lipinski definition) is 5. The summed E-state index contributed by atoms with van der Waals surface area (Å²) in [5, 5.41) is 0.405. The van der Waals surface area contributed by atoms with E-state index >= 15 is 0 Å². The lowest BCUT2D eigenvalue weighted by atomic mass is 10.2. The lowest BCUT2D eigenvalue weighted by molar-refractivity contribution is 0.339. The molecule has 2 heterocycles. The summed E-state index contributed by atoms with van der Waals surface area (Å²) in [6.07, 6.45) is 1.53. The van der Waals surface area contributed by atoms with Crippen molar-refractivity contribution >= 4 is 21.8 Å². The Balaban J connectivity index is 2.30. The fourth-order valence-electron chi connectivity index (χ4n) is 2.05. The number of aromatic nitrogens is 1. The minimum Gasteiger partial charge on any atom is -0.326 e. The van der Waals surface area contributed by atoms with Crippen molar-refractivity contribution in [3.63, 3.8) is 0 Å². The molecule has 1 aliphatic rings. The zero-order chi connectivity index (χ0) is 14.0. The number of pyridine rings is 1. The van der Waals surface area contributed by atoms with Crippen molar-refractivity contribution in [2.24, 2.45) is 5.73 Å². The SMILES string of the molecule is CC1SCCN(S(=O)(=O)c2ccc(CN)cn2)C1C. The highest BCUT2D eigenvalue weighted by Gasteiger charge is 2.35. The van der Waals surface area contributed by atoms with Gasteiger partial charge in [0.2, 0.25) is 0 Å². The summed E-state index contributed by atoms with van der Waals surface area (Å²) < 4.78 is 26.7. The second-order valence-electron chi connectivity index (χ2n) is 4.64. The van der Waals surface area contributed by atoms with Gasteiger partial charge in [0.1, 0.15) is 0 Å². The van der Waals surface area contributed by atoms with Gasteiger partial charge in [-0.05, 0) is 18.6 Å². The zero-order valence-electron chi connectivity index (χ0n) is 11.1. The van der Waals surface area contributed by atoms with Crippen molar-refractivity contribution in [3.8, 4) is 0 Å². The zero-order valence-corrected chi connectivity index (χ0v) is 12.7. The fourth-order valence-corrected chi connectivity index (χ4v) is 4.96. The highest BCUT2D eigenvalue weighted by molar-refractivity contribution is 8.00. The summed E-state index contributed by atoms with van der Waals surface area (Å²) in [7, 11) is -3.50. The average Bonchev–Trinajstić information content (AvgIpc) is 2.41. The van der Waals surface area contributed by atoms with E-state index in [9.17, 15) is 8.42 Å². The number of thioether (sulfide) groups is 1. The van der Waals surface area contributed by atoms with Crippen molar-refractivity contribution in [1.29, 1.82) is 0 Å². The summed E-state index contributed by atoms with van der Waals surface area (Å²) >= 11 is 1.80. The summed E-state index contributed by atoms with van der Waals surface area (Å²) in [6, 6.07) is 3.24. The minimum absolute atomic E-state index is 0.0141. The van der Waals surface area contributed by atoms with Crippen LogP contribution in [-0.2, 0) is 16.6 Å². The van der Waals surface area contributed by atoms with Gasteiger partial charge in [0.05, 0.1) is 0 Å². The first-order valence-electron chi connectivity index (χ1n) is 6.25. The van der Waals surface area contributed by atoms with Gasteiger partial charge >= 0.3 is 0 Å². The van der Waals surface area contributed by atoms with E-state index in [-0.39, 0.29) is 11.1 Å². The van der Waals surface area contributed by atoms with E-state index in [0.29, 0.717) is 18.3 Å². The third kappa shape index (κ3) is 2.94. The normalized spacial score (nSPS) is 25.4. The van der Waals surface area contributed by atoms with Crippen LogP contribution < -0.4 is 5.73 Å². The molecule has 2 atom stereocenters. The maximum atomic E-state index is 12.6. The number of sulfonamides is 1. The van der Waals surface area contributed by atoms with Crippen LogP contribution in [0.2, 0.25) is 0 Å². The van der Waals surface area contributed by atoms with Crippen molar-refractivity contribution in [1.82, 2.24) is 9.29 Å². The van der Waals surface area contributed by atoms with Crippen LogP contribution in [0.1, 0.15) is 19.4 Å².